The van der Waals surface area contributed by atoms with Crippen LogP contribution in [0.2, 0.25) is 0 Å². The SMILES string of the molecule is Cc1ccc(C)c(OCC(=O)Nc2ccc(NC(=O)CC#N)cc2)c1C. The third-order valence-electron chi connectivity index (χ3n) is 3.91. The van der Waals surface area contributed by atoms with E-state index < -0.39 is 0 Å². The summed E-state index contributed by atoms with van der Waals surface area (Å²) in [5.74, 6) is 0.0869. The van der Waals surface area contributed by atoms with E-state index in [9.17, 15) is 9.59 Å². The van der Waals surface area contributed by atoms with Gasteiger partial charge in [-0.1, -0.05) is 12.1 Å². The van der Waals surface area contributed by atoms with E-state index in [2.05, 4.69) is 10.6 Å². The predicted molar refractivity (Wildman–Crippen MR) is 100 cm³/mol. The maximum atomic E-state index is 12.1. The second-order valence-corrected chi connectivity index (χ2v) is 5.95. The van der Waals surface area contributed by atoms with Gasteiger partial charge < -0.3 is 15.4 Å². The van der Waals surface area contributed by atoms with Gasteiger partial charge in [-0.2, -0.15) is 5.26 Å². The Balaban J connectivity index is 1.91. The molecule has 0 aliphatic heterocycles. The van der Waals surface area contributed by atoms with Crippen LogP contribution in [0.4, 0.5) is 11.4 Å². The van der Waals surface area contributed by atoms with E-state index in [0.717, 1.165) is 22.4 Å². The molecule has 0 bridgehead atoms. The highest BCUT2D eigenvalue weighted by Gasteiger charge is 2.10. The fourth-order valence-electron chi connectivity index (χ4n) is 2.40. The smallest absolute Gasteiger partial charge is 0.262 e. The number of ether oxygens (including phenoxy) is 1. The molecular formula is C20H21N3O3. The van der Waals surface area contributed by atoms with E-state index in [1.807, 2.05) is 32.9 Å². The van der Waals surface area contributed by atoms with E-state index in [1.165, 1.54) is 0 Å². The van der Waals surface area contributed by atoms with E-state index in [0.29, 0.717) is 11.4 Å². The molecule has 0 aliphatic rings. The lowest BCUT2D eigenvalue weighted by molar-refractivity contribution is -0.118. The molecular weight excluding hydrogens is 330 g/mol. The first-order valence-corrected chi connectivity index (χ1v) is 8.17. The van der Waals surface area contributed by atoms with Gasteiger partial charge in [-0.3, -0.25) is 9.59 Å². The number of carbonyl (C=O) groups is 2. The fourth-order valence-corrected chi connectivity index (χ4v) is 2.40. The lowest BCUT2D eigenvalue weighted by atomic mass is 10.1. The number of rotatable bonds is 6. The van der Waals surface area contributed by atoms with Crippen LogP contribution in [0.5, 0.6) is 5.75 Å². The molecule has 0 atom stereocenters. The Morgan fingerprint density at radius 3 is 2.04 bits per heavy atom. The summed E-state index contributed by atoms with van der Waals surface area (Å²) in [7, 11) is 0. The molecule has 0 radical (unpaired) electrons. The first kappa shape index (κ1) is 19.0. The summed E-state index contributed by atoms with van der Waals surface area (Å²) < 4.78 is 5.69. The van der Waals surface area contributed by atoms with Crippen molar-refractivity contribution < 1.29 is 14.3 Å². The van der Waals surface area contributed by atoms with Crippen LogP contribution in [-0.4, -0.2) is 18.4 Å². The van der Waals surface area contributed by atoms with Crippen molar-refractivity contribution in [3.8, 4) is 11.8 Å². The number of aryl methyl sites for hydroxylation is 2. The Morgan fingerprint density at radius 1 is 0.923 bits per heavy atom. The Labute approximate surface area is 152 Å². The topological polar surface area (TPSA) is 91.2 Å². The number of nitrogens with zero attached hydrogens (tertiary/aromatic N) is 1. The second-order valence-electron chi connectivity index (χ2n) is 5.95. The summed E-state index contributed by atoms with van der Waals surface area (Å²) in [6.45, 7) is 5.82. The van der Waals surface area contributed by atoms with Crippen molar-refractivity contribution in [2.24, 2.45) is 0 Å². The van der Waals surface area contributed by atoms with Crippen LogP contribution in [0, 0.1) is 32.1 Å². The average Bonchev–Trinajstić information content (AvgIpc) is 2.60. The van der Waals surface area contributed by atoms with Gasteiger partial charge in [0.25, 0.3) is 5.91 Å². The predicted octanol–water partition coefficient (Wildman–Crippen LogP) is 3.48. The molecule has 0 fully saturated rings. The van der Waals surface area contributed by atoms with E-state index in [4.69, 9.17) is 10.00 Å². The van der Waals surface area contributed by atoms with Gasteiger partial charge in [0.2, 0.25) is 5.91 Å². The van der Waals surface area contributed by atoms with Gasteiger partial charge in [0.1, 0.15) is 12.2 Å². The number of carbonyl (C=O) groups excluding carboxylic acids is 2. The summed E-state index contributed by atoms with van der Waals surface area (Å²) in [5, 5.41) is 13.8. The van der Waals surface area contributed by atoms with Crippen LogP contribution in [0.1, 0.15) is 23.1 Å². The molecule has 134 valence electrons. The summed E-state index contributed by atoms with van der Waals surface area (Å²) in [6, 6.07) is 12.4. The Bertz CT molecular complexity index is 852. The molecule has 0 saturated carbocycles. The van der Waals surface area contributed by atoms with Gasteiger partial charge in [-0.25, -0.2) is 0 Å². The van der Waals surface area contributed by atoms with Crippen LogP contribution in [0.15, 0.2) is 36.4 Å². The number of benzene rings is 2. The lowest BCUT2D eigenvalue weighted by Gasteiger charge is -2.14. The van der Waals surface area contributed by atoms with Crippen molar-refractivity contribution in [2.75, 3.05) is 17.2 Å². The summed E-state index contributed by atoms with van der Waals surface area (Å²) in [6.07, 6.45) is -0.201. The average molecular weight is 351 g/mol. The standard InChI is InChI=1S/C20H21N3O3/c1-13-4-5-14(2)20(15(13)3)26-12-19(25)23-17-8-6-16(7-9-17)22-18(24)10-11-21/h4-9H,10,12H2,1-3H3,(H,22,24)(H,23,25). The first-order chi connectivity index (χ1) is 12.4. The molecule has 2 aromatic carbocycles. The van der Waals surface area contributed by atoms with Crippen LogP contribution < -0.4 is 15.4 Å². The Hall–Kier alpha value is -3.33. The second kappa shape index (κ2) is 8.67. The molecule has 2 amide bonds. The molecule has 0 unspecified atom stereocenters. The van der Waals surface area contributed by atoms with Gasteiger partial charge in [0.15, 0.2) is 6.61 Å². The zero-order valence-electron chi connectivity index (χ0n) is 15.1. The summed E-state index contributed by atoms with van der Waals surface area (Å²) in [4.78, 5) is 23.5. The minimum Gasteiger partial charge on any atom is -0.483 e. The molecule has 0 aromatic heterocycles. The van der Waals surface area contributed by atoms with Crippen LogP contribution in [0.25, 0.3) is 0 Å². The molecule has 2 rings (SSSR count). The van der Waals surface area contributed by atoms with Gasteiger partial charge in [-0.05, 0) is 61.7 Å². The molecule has 6 nitrogen and oxygen atoms in total. The van der Waals surface area contributed by atoms with Crippen molar-refractivity contribution in [3.63, 3.8) is 0 Å². The van der Waals surface area contributed by atoms with Crippen molar-refractivity contribution in [1.29, 1.82) is 5.26 Å². The molecule has 6 heteroatoms. The number of nitrogens with one attached hydrogen (secondary N) is 2. The maximum absolute atomic E-state index is 12.1. The van der Waals surface area contributed by atoms with E-state index >= 15 is 0 Å². The number of hydrogen-bond acceptors (Lipinski definition) is 4. The zero-order valence-corrected chi connectivity index (χ0v) is 15.1. The van der Waals surface area contributed by atoms with Gasteiger partial charge in [0, 0.05) is 11.4 Å². The van der Waals surface area contributed by atoms with E-state index in [-0.39, 0.29) is 24.8 Å². The minimum atomic E-state index is -0.374. The molecule has 2 N–H and O–H groups in total. The third kappa shape index (κ3) is 5.08. The van der Waals surface area contributed by atoms with Gasteiger partial charge in [0.05, 0.1) is 6.07 Å². The number of anilines is 2. The highest BCUT2D eigenvalue weighted by molar-refractivity contribution is 5.94. The maximum Gasteiger partial charge on any atom is 0.262 e. The van der Waals surface area contributed by atoms with Crippen molar-refractivity contribution in [2.45, 2.75) is 27.2 Å². The fraction of sp³-hybridized carbons (Fsp3) is 0.250. The van der Waals surface area contributed by atoms with Crippen LogP contribution in [0.3, 0.4) is 0 Å². The van der Waals surface area contributed by atoms with Crippen molar-refractivity contribution >= 4 is 23.2 Å². The molecule has 0 heterocycles. The van der Waals surface area contributed by atoms with Crippen LogP contribution >= 0.6 is 0 Å². The largest absolute Gasteiger partial charge is 0.483 e. The summed E-state index contributed by atoms with van der Waals surface area (Å²) in [5.41, 5.74) is 4.27. The lowest BCUT2D eigenvalue weighted by Crippen LogP contribution is -2.20. The summed E-state index contributed by atoms with van der Waals surface area (Å²) >= 11 is 0. The molecule has 2 aromatic rings. The third-order valence-corrected chi connectivity index (χ3v) is 3.91. The van der Waals surface area contributed by atoms with Crippen molar-refractivity contribution in [3.05, 3.63) is 53.1 Å². The normalized spacial score (nSPS) is 9.92. The molecule has 26 heavy (non-hydrogen) atoms. The van der Waals surface area contributed by atoms with E-state index in [1.54, 1.807) is 30.3 Å². The molecule has 0 aliphatic carbocycles. The first-order valence-electron chi connectivity index (χ1n) is 8.17. The quantitative estimate of drug-likeness (QED) is 0.833. The zero-order chi connectivity index (χ0) is 19.1. The minimum absolute atomic E-state index is 0.0915. The van der Waals surface area contributed by atoms with Crippen LogP contribution in [-0.2, 0) is 9.59 Å². The molecule has 0 spiro atoms. The molecule has 0 saturated heterocycles. The Morgan fingerprint density at radius 2 is 1.46 bits per heavy atom. The Kier molecular flexibility index (Phi) is 6.34. The van der Waals surface area contributed by atoms with Gasteiger partial charge in [-0.15, -0.1) is 0 Å². The van der Waals surface area contributed by atoms with Gasteiger partial charge >= 0.3 is 0 Å². The number of amides is 2. The highest BCUT2D eigenvalue weighted by Crippen LogP contribution is 2.25. The monoisotopic (exact) mass is 351 g/mol. The van der Waals surface area contributed by atoms with Crippen molar-refractivity contribution in [1.82, 2.24) is 0 Å². The number of hydrogen-bond donors (Lipinski definition) is 2. The number of nitriles is 1. The highest BCUT2D eigenvalue weighted by atomic mass is 16.5.